The molecule has 1 aliphatic rings. The van der Waals surface area contributed by atoms with E-state index in [4.69, 9.17) is 19.3 Å². The lowest BCUT2D eigenvalue weighted by atomic mass is 10.1. The zero-order valence-electron chi connectivity index (χ0n) is 22.2. The molecular formula is C27H31N7O4. The quantitative estimate of drug-likeness (QED) is 0.398. The van der Waals surface area contributed by atoms with Crippen LogP contribution >= 0.6 is 0 Å². The third kappa shape index (κ3) is 4.51. The molecular weight excluding hydrogens is 486 g/mol. The number of carbonyl (C=O) groups excluding carboxylic acids is 1. The molecule has 4 heterocycles. The third-order valence-electron chi connectivity index (χ3n) is 6.77. The summed E-state index contributed by atoms with van der Waals surface area (Å²) in [5, 5.41) is 12.0. The minimum atomic E-state index is -0.0894. The number of amides is 1. The summed E-state index contributed by atoms with van der Waals surface area (Å²) in [5.74, 6) is 2.24. The number of aromatic nitrogens is 5. The first-order valence-electron chi connectivity index (χ1n) is 12.3. The van der Waals surface area contributed by atoms with Crippen LogP contribution in [0.1, 0.15) is 21.9 Å². The van der Waals surface area contributed by atoms with Gasteiger partial charge in [0.1, 0.15) is 5.69 Å². The number of nitrogens with zero attached hydrogens (tertiary/aromatic N) is 6. The maximum Gasteiger partial charge on any atom is 0.272 e. The van der Waals surface area contributed by atoms with Gasteiger partial charge in [-0.2, -0.15) is 10.2 Å². The van der Waals surface area contributed by atoms with Crippen molar-refractivity contribution in [1.29, 1.82) is 0 Å². The fourth-order valence-electron chi connectivity index (χ4n) is 4.91. The number of pyridine rings is 1. The summed E-state index contributed by atoms with van der Waals surface area (Å²) in [6.45, 7) is 6.64. The first-order valence-corrected chi connectivity index (χ1v) is 12.3. The van der Waals surface area contributed by atoms with Gasteiger partial charge in [-0.3, -0.25) is 9.89 Å². The predicted molar refractivity (Wildman–Crippen MR) is 143 cm³/mol. The highest BCUT2D eigenvalue weighted by Gasteiger charge is 2.27. The van der Waals surface area contributed by atoms with E-state index in [0.717, 1.165) is 28.5 Å². The van der Waals surface area contributed by atoms with Gasteiger partial charge in [-0.25, -0.2) is 9.67 Å². The van der Waals surface area contributed by atoms with Crippen molar-refractivity contribution in [2.45, 2.75) is 13.8 Å². The molecule has 1 N–H and O–H groups in total. The second kappa shape index (κ2) is 10.4. The molecule has 11 nitrogen and oxygen atoms in total. The number of methoxy groups -OCH3 is 3. The van der Waals surface area contributed by atoms with Crippen LogP contribution in [0, 0.1) is 13.8 Å². The molecule has 11 heteroatoms. The molecule has 0 radical (unpaired) electrons. The highest BCUT2D eigenvalue weighted by Crippen LogP contribution is 2.41. The summed E-state index contributed by atoms with van der Waals surface area (Å²) < 4.78 is 18.2. The molecule has 1 fully saturated rings. The fraction of sp³-hybridized carbons (Fsp3) is 0.333. The van der Waals surface area contributed by atoms with E-state index >= 15 is 0 Å². The van der Waals surface area contributed by atoms with Crippen molar-refractivity contribution in [1.82, 2.24) is 29.9 Å². The van der Waals surface area contributed by atoms with Crippen molar-refractivity contribution in [3.8, 4) is 34.3 Å². The summed E-state index contributed by atoms with van der Waals surface area (Å²) in [7, 11) is 4.68. The van der Waals surface area contributed by atoms with E-state index in [-0.39, 0.29) is 5.91 Å². The summed E-state index contributed by atoms with van der Waals surface area (Å²) >= 11 is 0. The van der Waals surface area contributed by atoms with Gasteiger partial charge in [0, 0.05) is 37.9 Å². The monoisotopic (exact) mass is 517 g/mol. The van der Waals surface area contributed by atoms with Crippen LogP contribution in [0.2, 0.25) is 0 Å². The Morgan fingerprint density at radius 3 is 2.26 bits per heavy atom. The molecule has 0 atom stereocenters. The van der Waals surface area contributed by atoms with Gasteiger partial charge in [0.2, 0.25) is 5.75 Å². The molecule has 1 amide bonds. The molecule has 0 spiro atoms. The SMILES string of the molecule is COc1cc(-c2cc(C(=O)N3CCN(c4c(C)nn(-c5ccccn5)c4C)CC3)[nH]n2)cc(OC)c1OC. The number of ether oxygens (including phenoxy) is 3. The number of H-pyrrole nitrogens is 1. The van der Waals surface area contributed by atoms with E-state index in [2.05, 4.69) is 27.0 Å². The van der Waals surface area contributed by atoms with Crippen LogP contribution in [0.25, 0.3) is 17.1 Å². The second-order valence-corrected chi connectivity index (χ2v) is 8.98. The van der Waals surface area contributed by atoms with Crippen LogP contribution < -0.4 is 19.1 Å². The van der Waals surface area contributed by atoms with E-state index < -0.39 is 0 Å². The Hall–Kier alpha value is -4.54. The molecule has 0 unspecified atom stereocenters. The van der Waals surface area contributed by atoms with E-state index in [0.29, 0.717) is 54.8 Å². The standard InChI is InChI=1S/C27H31N7O4/c1-17-25(18(2)34(31-17)24-8-6-7-9-28-24)32-10-12-33(13-11-32)27(35)21-16-20(29-30-21)19-14-22(36-3)26(38-5)23(15-19)37-4/h6-9,14-16H,10-13H2,1-5H3,(H,29,30). The molecule has 38 heavy (non-hydrogen) atoms. The minimum Gasteiger partial charge on any atom is -0.493 e. The maximum atomic E-state index is 13.3. The van der Waals surface area contributed by atoms with Crippen LogP contribution in [0.4, 0.5) is 5.69 Å². The van der Waals surface area contributed by atoms with Gasteiger partial charge < -0.3 is 24.0 Å². The lowest BCUT2D eigenvalue weighted by Crippen LogP contribution is -2.49. The van der Waals surface area contributed by atoms with E-state index in [9.17, 15) is 4.79 Å². The zero-order chi connectivity index (χ0) is 26.8. The number of piperazine rings is 1. The highest BCUT2D eigenvalue weighted by molar-refractivity contribution is 5.93. The Labute approximate surface area is 220 Å². The number of aryl methyl sites for hydroxylation is 1. The number of aromatic amines is 1. The Morgan fingerprint density at radius 1 is 0.947 bits per heavy atom. The number of nitrogens with one attached hydrogen (secondary N) is 1. The van der Waals surface area contributed by atoms with Crippen LogP contribution in [0.15, 0.2) is 42.6 Å². The lowest BCUT2D eigenvalue weighted by Gasteiger charge is -2.36. The smallest absolute Gasteiger partial charge is 0.272 e. The summed E-state index contributed by atoms with van der Waals surface area (Å²) in [6, 6.07) is 11.1. The molecule has 3 aromatic heterocycles. The van der Waals surface area contributed by atoms with Gasteiger partial charge in [-0.05, 0) is 44.2 Å². The molecule has 1 aromatic carbocycles. The third-order valence-corrected chi connectivity index (χ3v) is 6.77. The summed E-state index contributed by atoms with van der Waals surface area (Å²) in [5.41, 5.74) is 4.85. The Kier molecular flexibility index (Phi) is 6.91. The van der Waals surface area contributed by atoms with Gasteiger partial charge in [-0.15, -0.1) is 0 Å². The van der Waals surface area contributed by atoms with Crippen LogP contribution in [0.5, 0.6) is 17.2 Å². The first-order chi connectivity index (χ1) is 18.4. The average molecular weight is 518 g/mol. The Bertz CT molecular complexity index is 1410. The van der Waals surface area contributed by atoms with Crippen molar-refractivity contribution >= 4 is 11.6 Å². The van der Waals surface area contributed by atoms with Crippen LogP contribution in [-0.2, 0) is 0 Å². The average Bonchev–Trinajstić information content (AvgIpc) is 3.57. The van der Waals surface area contributed by atoms with Crippen molar-refractivity contribution < 1.29 is 19.0 Å². The molecule has 1 saturated heterocycles. The number of carbonyl (C=O) groups is 1. The van der Waals surface area contributed by atoms with Gasteiger partial charge in [0.15, 0.2) is 17.3 Å². The topological polar surface area (TPSA) is 111 Å². The predicted octanol–water partition coefficient (Wildman–Crippen LogP) is 3.26. The molecule has 1 aliphatic heterocycles. The number of rotatable bonds is 7. The van der Waals surface area contributed by atoms with Crippen molar-refractivity contribution in [2.75, 3.05) is 52.4 Å². The summed E-state index contributed by atoms with van der Waals surface area (Å²) in [6.07, 6.45) is 1.76. The number of benzene rings is 1. The number of hydrogen-bond acceptors (Lipinski definition) is 8. The number of anilines is 1. The van der Waals surface area contributed by atoms with E-state index in [1.807, 2.05) is 34.7 Å². The van der Waals surface area contributed by atoms with Crippen molar-refractivity contribution in [2.24, 2.45) is 0 Å². The van der Waals surface area contributed by atoms with Crippen molar-refractivity contribution in [3.63, 3.8) is 0 Å². The number of hydrogen-bond donors (Lipinski definition) is 1. The molecule has 0 aliphatic carbocycles. The normalized spacial score (nSPS) is 13.5. The second-order valence-electron chi connectivity index (χ2n) is 8.98. The fourth-order valence-corrected chi connectivity index (χ4v) is 4.91. The minimum absolute atomic E-state index is 0.0894. The largest absolute Gasteiger partial charge is 0.493 e. The molecule has 198 valence electrons. The van der Waals surface area contributed by atoms with Crippen LogP contribution in [-0.4, -0.2) is 83.3 Å². The highest BCUT2D eigenvalue weighted by atomic mass is 16.5. The van der Waals surface area contributed by atoms with Crippen molar-refractivity contribution in [3.05, 3.63) is 59.7 Å². The lowest BCUT2D eigenvalue weighted by molar-refractivity contribution is 0.0741. The molecule has 4 aromatic rings. The molecule has 5 rings (SSSR count). The summed E-state index contributed by atoms with van der Waals surface area (Å²) in [4.78, 5) is 21.9. The Balaban J connectivity index is 1.30. The van der Waals surface area contributed by atoms with Gasteiger partial charge in [0.05, 0.1) is 44.1 Å². The zero-order valence-corrected chi connectivity index (χ0v) is 22.2. The maximum absolute atomic E-state index is 13.3. The Morgan fingerprint density at radius 2 is 1.66 bits per heavy atom. The van der Waals surface area contributed by atoms with Gasteiger partial charge in [0.25, 0.3) is 5.91 Å². The van der Waals surface area contributed by atoms with E-state index in [1.54, 1.807) is 45.7 Å². The van der Waals surface area contributed by atoms with Crippen LogP contribution in [0.3, 0.4) is 0 Å². The molecule has 0 saturated carbocycles. The van der Waals surface area contributed by atoms with Gasteiger partial charge in [-0.1, -0.05) is 6.07 Å². The molecule has 0 bridgehead atoms. The first kappa shape index (κ1) is 25.1. The van der Waals surface area contributed by atoms with E-state index in [1.165, 1.54) is 0 Å². The van der Waals surface area contributed by atoms with Gasteiger partial charge >= 0.3 is 0 Å².